The van der Waals surface area contributed by atoms with Crippen LogP contribution in [-0.2, 0) is 0 Å². The van der Waals surface area contributed by atoms with Crippen LogP contribution in [0.15, 0.2) is 23.1 Å². The molecule has 0 bridgehead atoms. The number of para-hydroxylation sites is 1. The van der Waals surface area contributed by atoms with Gasteiger partial charge in [-0.2, -0.15) is 5.26 Å². The highest BCUT2D eigenvalue weighted by molar-refractivity contribution is 7.99. The Morgan fingerprint density at radius 1 is 1.59 bits per heavy atom. The molecule has 0 amide bonds. The molecule has 1 unspecified atom stereocenters. The summed E-state index contributed by atoms with van der Waals surface area (Å²) in [6.45, 7) is -0.404. The third kappa shape index (κ3) is 3.42. The average Bonchev–Trinajstić information content (AvgIpc) is 2.34. The van der Waals surface area contributed by atoms with E-state index in [0.717, 1.165) is 11.8 Å². The summed E-state index contributed by atoms with van der Waals surface area (Å²) in [5.74, 6) is 0.131. The van der Waals surface area contributed by atoms with E-state index >= 15 is 0 Å². The molecule has 0 spiro atoms. The smallest absolute Gasteiger partial charge is 0.300 e. The molecule has 90 valence electrons. The first-order chi connectivity index (χ1) is 8.10. The number of nitrogens with zero attached hydrogens (tertiary/aromatic N) is 2. The standard InChI is InChI=1S/C10H10N2O4S/c11-4-7-2-1-3-9(10(7)12(15)16)17-6-8(14)5-13/h1-3,8,13-14H,5-6H2. The van der Waals surface area contributed by atoms with Crippen LogP contribution in [0.4, 0.5) is 5.69 Å². The number of thioether (sulfide) groups is 1. The number of nitro benzene ring substituents is 1. The lowest BCUT2D eigenvalue weighted by Crippen LogP contribution is -2.14. The van der Waals surface area contributed by atoms with Crippen molar-refractivity contribution >= 4 is 17.4 Å². The van der Waals surface area contributed by atoms with Crippen LogP contribution in [0.1, 0.15) is 5.56 Å². The molecule has 0 aliphatic heterocycles. The molecule has 0 fully saturated rings. The van der Waals surface area contributed by atoms with E-state index in [0.29, 0.717) is 4.90 Å². The van der Waals surface area contributed by atoms with Crippen molar-refractivity contribution in [1.29, 1.82) is 5.26 Å². The number of nitriles is 1. The summed E-state index contributed by atoms with van der Waals surface area (Å²) in [6.07, 6.45) is -0.939. The normalized spacial score (nSPS) is 11.8. The molecule has 0 saturated carbocycles. The van der Waals surface area contributed by atoms with Crippen molar-refractivity contribution in [3.8, 4) is 6.07 Å². The summed E-state index contributed by atoms with van der Waals surface area (Å²) >= 11 is 1.03. The predicted octanol–water partition coefficient (Wildman–Crippen LogP) is 0.912. The number of hydrogen-bond acceptors (Lipinski definition) is 6. The maximum absolute atomic E-state index is 10.8. The summed E-state index contributed by atoms with van der Waals surface area (Å²) in [5, 5.41) is 37.4. The van der Waals surface area contributed by atoms with Crippen LogP contribution >= 0.6 is 11.8 Å². The third-order valence-corrected chi connectivity index (χ3v) is 3.14. The molecule has 7 heteroatoms. The molecule has 0 radical (unpaired) electrons. The van der Waals surface area contributed by atoms with Crippen LogP contribution in [0, 0.1) is 21.4 Å². The van der Waals surface area contributed by atoms with Crippen molar-refractivity contribution in [2.24, 2.45) is 0 Å². The Hall–Kier alpha value is -1.62. The molecular formula is C10H10N2O4S. The lowest BCUT2D eigenvalue weighted by atomic mass is 10.2. The zero-order valence-corrected chi connectivity index (χ0v) is 9.55. The summed E-state index contributed by atoms with van der Waals surface area (Å²) in [7, 11) is 0. The second-order valence-corrected chi connectivity index (χ2v) is 4.23. The molecule has 1 aromatic carbocycles. The molecule has 6 nitrogen and oxygen atoms in total. The predicted molar refractivity (Wildman–Crippen MR) is 61.6 cm³/mol. The minimum absolute atomic E-state index is 0.0153. The maximum Gasteiger partial charge on any atom is 0.300 e. The van der Waals surface area contributed by atoms with Crippen LogP contribution in [-0.4, -0.2) is 33.6 Å². The molecule has 0 saturated heterocycles. The Balaban J connectivity index is 2.99. The van der Waals surface area contributed by atoms with Gasteiger partial charge in [0.05, 0.1) is 22.5 Å². The molecule has 0 aliphatic carbocycles. The van der Waals surface area contributed by atoms with E-state index < -0.39 is 17.6 Å². The van der Waals surface area contributed by atoms with Gasteiger partial charge >= 0.3 is 5.69 Å². The van der Waals surface area contributed by atoms with E-state index in [-0.39, 0.29) is 17.0 Å². The topological polar surface area (TPSA) is 107 Å². The fourth-order valence-electron chi connectivity index (χ4n) is 1.16. The summed E-state index contributed by atoms with van der Waals surface area (Å²) < 4.78 is 0. The highest BCUT2D eigenvalue weighted by atomic mass is 32.2. The number of hydrogen-bond donors (Lipinski definition) is 2. The molecule has 17 heavy (non-hydrogen) atoms. The van der Waals surface area contributed by atoms with E-state index in [1.165, 1.54) is 12.1 Å². The van der Waals surface area contributed by atoms with Gasteiger partial charge in [0.2, 0.25) is 0 Å². The minimum Gasteiger partial charge on any atom is -0.394 e. The van der Waals surface area contributed by atoms with E-state index in [9.17, 15) is 10.1 Å². The van der Waals surface area contributed by atoms with Gasteiger partial charge in [0.1, 0.15) is 11.6 Å². The second kappa shape index (κ2) is 6.20. The van der Waals surface area contributed by atoms with Gasteiger partial charge in [-0.1, -0.05) is 6.07 Å². The molecular weight excluding hydrogens is 244 g/mol. The van der Waals surface area contributed by atoms with Crippen LogP contribution in [0.3, 0.4) is 0 Å². The Bertz CT molecular complexity index is 458. The molecule has 1 aromatic rings. The van der Waals surface area contributed by atoms with Gasteiger partial charge in [-0.05, 0) is 12.1 Å². The average molecular weight is 254 g/mol. The van der Waals surface area contributed by atoms with Gasteiger partial charge in [-0.25, -0.2) is 0 Å². The van der Waals surface area contributed by atoms with Crippen LogP contribution in [0.5, 0.6) is 0 Å². The zero-order chi connectivity index (χ0) is 12.8. The fraction of sp³-hybridized carbons (Fsp3) is 0.300. The van der Waals surface area contributed by atoms with Gasteiger partial charge in [0.25, 0.3) is 0 Å². The summed E-state index contributed by atoms with van der Waals surface area (Å²) in [6, 6.07) is 6.17. The van der Waals surface area contributed by atoms with Crippen molar-refractivity contribution in [2.75, 3.05) is 12.4 Å². The lowest BCUT2D eigenvalue weighted by Gasteiger charge is -2.07. The Morgan fingerprint density at radius 2 is 2.29 bits per heavy atom. The first-order valence-electron chi connectivity index (χ1n) is 4.69. The Kier molecular flexibility index (Phi) is 4.90. The molecule has 1 rings (SSSR count). The van der Waals surface area contributed by atoms with Crippen molar-refractivity contribution in [3.05, 3.63) is 33.9 Å². The Morgan fingerprint density at radius 3 is 2.82 bits per heavy atom. The van der Waals surface area contributed by atoms with Gasteiger partial charge < -0.3 is 10.2 Å². The van der Waals surface area contributed by atoms with Gasteiger partial charge in [-0.3, -0.25) is 10.1 Å². The monoisotopic (exact) mass is 254 g/mol. The zero-order valence-electron chi connectivity index (χ0n) is 8.74. The number of benzene rings is 1. The van der Waals surface area contributed by atoms with Crippen LogP contribution < -0.4 is 0 Å². The molecule has 0 aromatic heterocycles. The number of aliphatic hydroxyl groups excluding tert-OH is 2. The molecule has 1 atom stereocenters. The fourth-order valence-corrected chi connectivity index (χ4v) is 2.13. The Labute approximate surface area is 102 Å². The van der Waals surface area contributed by atoms with Crippen molar-refractivity contribution in [3.63, 3.8) is 0 Å². The highest BCUT2D eigenvalue weighted by Gasteiger charge is 2.20. The van der Waals surface area contributed by atoms with E-state index in [1.54, 1.807) is 12.1 Å². The van der Waals surface area contributed by atoms with Gasteiger partial charge in [0, 0.05) is 5.75 Å². The van der Waals surface area contributed by atoms with E-state index in [4.69, 9.17) is 15.5 Å². The van der Waals surface area contributed by atoms with Gasteiger partial charge in [-0.15, -0.1) is 11.8 Å². The molecule has 2 N–H and O–H groups in total. The number of nitro groups is 1. The number of aliphatic hydroxyl groups is 2. The first-order valence-corrected chi connectivity index (χ1v) is 5.68. The van der Waals surface area contributed by atoms with Crippen LogP contribution in [0.25, 0.3) is 0 Å². The largest absolute Gasteiger partial charge is 0.394 e. The summed E-state index contributed by atoms with van der Waals surface area (Å²) in [4.78, 5) is 10.5. The third-order valence-electron chi connectivity index (χ3n) is 1.94. The van der Waals surface area contributed by atoms with Crippen molar-refractivity contribution in [2.45, 2.75) is 11.0 Å². The molecule has 0 aliphatic rings. The molecule has 0 heterocycles. The summed E-state index contributed by atoms with van der Waals surface area (Å²) in [5.41, 5.74) is -0.274. The number of rotatable bonds is 5. The van der Waals surface area contributed by atoms with Crippen molar-refractivity contribution < 1.29 is 15.1 Å². The van der Waals surface area contributed by atoms with Crippen LogP contribution in [0.2, 0.25) is 0 Å². The quantitative estimate of drug-likeness (QED) is 0.459. The SMILES string of the molecule is N#Cc1cccc(SCC(O)CO)c1[N+](=O)[O-]. The van der Waals surface area contributed by atoms with E-state index in [2.05, 4.69) is 0 Å². The highest BCUT2D eigenvalue weighted by Crippen LogP contribution is 2.32. The van der Waals surface area contributed by atoms with Crippen molar-refractivity contribution in [1.82, 2.24) is 0 Å². The first kappa shape index (κ1) is 13.4. The lowest BCUT2D eigenvalue weighted by molar-refractivity contribution is -0.388. The minimum atomic E-state index is -0.939. The maximum atomic E-state index is 10.8. The second-order valence-electron chi connectivity index (χ2n) is 3.17. The van der Waals surface area contributed by atoms with Gasteiger partial charge in [0.15, 0.2) is 0 Å². The van der Waals surface area contributed by atoms with E-state index in [1.807, 2.05) is 0 Å².